The highest BCUT2D eigenvalue weighted by molar-refractivity contribution is 9.09. The molecule has 0 bridgehead atoms. The monoisotopic (exact) mass is 285 g/mol. The van der Waals surface area contributed by atoms with Crippen molar-refractivity contribution in [1.29, 1.82) is 0 Å². The second-order valence-electron chi connectivity index (χ2n) is 3.62. The first-order valence-electron chi connectivity index (χ1n) is 4.79. The summed E-state index contributed by atoms with van der Waals surface area (Å²) in [6.07, 6.45) is 2.59. The lowest BCUT2D eigenvalue weighted by Gasteiger charge is -2.30. The minimum atomic E-state index is -2.24. The number of halogens is 3. The standard InChI is InChI=1S/C12H10BrF2N/c13-10-7-6-9(14)11(12(10,15)16)8-4-2-1-3-5-8/h1-7,10H,16H2. The van der Waals surface area contributed by atoms with Crippen LogP contribution in [0.2, 0.25) is 0 Å². The topological polar surface area (TPSA) is 26.0 Å². The fourth-order valence-electron chi connectivity index (χ4n) is 1.68. The predicted molar refractivity (Wildman–Crippen MR) is 64.4 cm³/mol. The third-order valence-corrected chi connectivity index (χ3v) is 3.47. The van der Waals surface area contributed by atoms with Gasteiger partial charge in [0.05, 0.1) is 4.83 Å². The van der Waals surface area contributed by atoms with Crippen molar-refractivity contribution in [3.8, 4) is 0 Å². The molecule has 2 unspecified atom stereocenters. The third-order valence-electron chi connectivity index (χ3n) is 2.50. The van der Waals surface area contributed by atoms with Crippen LogP contribution in [0.25, 0.3) is 5.57 Å². The SMILES string of the molecule is NC1(F)C(c2ccccc2)=C(F)C=CC1Br. The van der Waals surface area contributed by atoms with Crippen LogP contribution in [0.4, 0.5) is 8.78 Å². The van der Waals surface area contributed by atoms with E-state index in [0.29, 0.717) is 5.56 Å². The minimum absolute atomic E-state index is 0.113. The summed E-state index contributed by atoms with van der Waals surface area (Å²) in [5.41, 5.74) is 5.87. The molecular weight excluding hydrogens is 276 g/mol. The maximum absolute atomic E-state index is 14.2. The lowest BCUT2D eigenvalue weighted by molar-refractivity contribution is 0.260. The summed E-state index contributed by atoms with van der Waals surface area (Å²) in [4.78, 5) is -0.727. The molecule has 2 N–H and O–H groups in total. The maximum atomic E-state index is 14.2. The van der Waals surface area contributed by atoms with E-state index in [-0.39, 0.29) is 5.57 Å². The molecule has 1 aromatic carbocycles. The van der Waals surface area contributed by atoms with E-state index in [1.807, 2.05) is 0 Å². The van der Waals surface area contributed by atoms with E-state index in [4.69, 9.17) is 5.73 Å². The van der Waals surface area contributed by atoms with Gasteiger partial charge in [-0.1, -0.05) is 52.3 Å². The zero-order valence-electron chi connectivity index (χ0n) is 8.33. The number of hydrogen-bond acceptors (Lipinski definition) is 1. The van der Waals surface area contributed by atoms with Gasteiger partial charge in [-0.25, -0.2) is 8.78 Å². The fourth-order valence-corrected chi connectivity index (χ4v) is 2.06. The Kier molecular flexibility index (Phi) is 2.95. The molecule has 1 aromatic rings. The van der Waals surface area contributed by atoms with Gasteiger partial charge in [-0.05, 0) is 11.6 Å². The van der Waals surface area contributed by atoms with Crippen molar-refractivity contribution in [2.75, 3.05) is 0 Å². The van der Waals surface area contributed by atoms with Crippen molar-refractivity contribution in [3.63, 3.8) is 0 Å². The first-order valence-corrected chi connectivity index (χ1v) is 5.71. The number of benzene rings is 1. The van der Waals surface area contributed by atoms with Crippen LogP contribution >= 0.6 is 15.9 Å². The van der Waals surface area contributed by atoms with Crippen LogP contribution in [0.1, 0.15) is 5.56 Å². The Morgan fingerprint density at radius 2 is 1.88 bits per heavy atom. The highest BCUT2D eigenvalue weighted by Gasteiger charge is 2.41. The van der Waals surface area contributed by atoms with Gasteiger partial charge in [-0.15, -0.1) is 0 Å². The largest absolute Gasteiger partial charge is 0.294 e. The molecule has 0 fully saturated rings. The number of allylic oxidation sites excluding steroid dienone is 2. The van der Waals surface area contributed by atoms with Gasteiger partial charge in [0.2, 0.25) is 5.79 Å². The second kappa shape index (κ2) is 4.11. The van der Waals surface area contributed by atoms with Gasteiger partial charge in [0, 0.05) is 5.57 Å². The Morgan fingerprint density at radius 1 is 1.25 bits per heavy atom. The highest BCUT2D eigenvalue weighted by atomic mass is 79.9. The number of nitrogens with two attached hydrogens (primary N) is 1. The van der Waals surface area contributed by atoms with Crippen LogP contribution in [-0.4, -0.2) is 10.6 Å². The fraction of sp³-hybridized carbons (Fsp3) is 0.167. The summed E-state index contributed by atoms with van der Waals surface area (Å²) in [5, 5.41) is 0. The van der Waals surface area contributed by atoms with Crippen LogP contribution in [0.5, 0.6) is 0 Å². The van der Waals surface area contributed by atoms with Gasteiger partial charge in [0.25, 0.3) is 0 Å². The summed E-state index contributed by atoms with van der Waals surface area (Å²) in [6, 6.07) is 8.48. The molecular formula is C12H10BrF2N. The first-order chi connectivity index (χ1) is 7.53. The lowest BCUT2D eigenvalue weighted by atomic mass is 9.90. The number of hydrogen-bond donors (Lipinski definition) is 1. The van der Waals surface area contributed by atoms with E-state index >= 15 is 0 Å². The third kappa shape index (κ3) is 1.83. The Labute approximate surface area is 101 Å². The van der Waals surface area contributed by atoms with Crippen molar-refractivity contribution >= 4 is 21.5 Å². The van der Waals surface area contributed by atoms with Gasteiger partial charge < -0.3 is 0 Å². The number of rotatable bonds is 1. The Hall–Kier alpha value is -1.00. The van der Waals surface area contributed by atoms with Gasteiger partial charge >= 0.3 is 0 Å². The molecule has 2 atom stereocenters. The van der Waals surface area contributed by atoms with Crippen molar-refractivity contribution in [2.24, 2.45) is 5.73 Å². The summed E-state index contributed by atoms with van der Waals surface area (Å²) >= 11 is 3.09. The van der Waals surface area contributed by atoms with E-state index < -0.39 is 16.4 Å². The summed E-state index contributed by atoms with van der Waals surface area (Å²) < 4.78 is 27.9. The summed E-state index contributed by atoms with van der Waals surface area (Å²) in [5.74, 6) is -2.87. The van der Waals surface area contributed by atoms with E-state index in [2.05, 4.69) is 15.9 Å². The summed E-state index contributed by atoms with van der Waals surface area (Å²) in [6.45, 7) is 0. The predicted octanol–water partition coefficient (Wildman–Crippen LogP) is 3.33. The molecule has 0 radical (unpaired) electrons. The van der Waals surface area contributed by atoms with Crippen molar-refractivity contribution in [1.82, 2.24) is 0 Å². The minimum Gasteiger partial charge on any atom is -0.294 e. The van der Waals surface area contributed by atoms with Crippen LogP contribution in [0.15, 0.2) is 48.3 Å². The van der Waals surface area contributed by atoms with Crippen LogP contribution in [0, 0.1) is 0 Å². The quantitative estimate of drug-likeness (QED) is 0.622. The van der Waals surface area contributed by atoms with Gasteiger partial charge in [-0.2, -0.15) is 0 Å². The molecule has 1 aliphatic rings. The zero-order valence-corrected chi connectivity index (χ0v) is 9.92. The van der Waals surface area contributed by atoms with Crippen molar-refractivity contribution in [2.45, 2.75) is 10.6 Å². The second-order valence-corrected chi connectivity index (χ2v) is 4.60. The molecule has 0 aliphatic heterocycles. The Morgan fingerprint density at radius 3 is 2.50 bits per heavy atom. The smallest absolute Gasteiger partial charge is 0.204 e. The van der Waals surface area contributed by atoms with E-state index in [1.54, 1.807) is 30.3 Å². The highest BCUT2D eigenvalue weighted by Crippen LogP contribution is 2.39. The molecule has 0 aromatic heterocycles. The van der Waals surface area contributed by atoms with Crippen molar-refractivity contribution < 1.29 is 8.78 Å². The molecule has 0 heterocycles. The van der Waals surface area contributed by atoms with Crippen LogP contribution in [-0.2, 0) is 0 Å². The van der Waals surface area contributed by atoms with Crippen LogP contribution in [0.3, 0.4) is 0 Å². The van der Waals surface area contributed by atoms with Gasteiger partial charge in [-0.3, -0.25) is 5.73 Å². The molecule has 0 saturated carbocycles. The maximum Gasteiger partial charge on any atom is 0.204 e. The molecule has 84 valence electrons. The molecule has 16 heavy (non-hydrogen) atoms. The summed E-state index contributed by atoms with van der Waals surface area (Å²) in [7, 11) is 0. The van der Waals surface area contributed by atoms with Gasteiger partial charge in [0.15, 0.2) is 0 Å². The molecule has 0 amide bonds. The average molecular weight is 286 g/mol. The van der Waals surface area contributed by atoms with Crippen LogP contribution < -0.4 is 5.73 Å². The zero-order chi connectivity index (χ0) is 11.8. The van der Waals surface area contributed by atoms with E-state index in [1.165, 1.54) is 12.2 Å². The molecule has 1 aliphatic carbocycles. The van der Waals surface area contributed by atoms with E-state index in [0.717, 1.165) is 0 Å². The van der Waals surface area contributed by atoms with Gasteiger partial charge in [0.1, 0.15) is 5.83 Å². The first kappa shape index (κ1) is 11.5. The molecule has 0 spiro atoms. The molecule has 1 nitrogen and oxygen atoms in total. The Bertz CT molecular complexity index is 451. The molecule has 2 rings (SSSR count). The molecule has 4 heteroatoms. The average Bonchev–Trinajstić information content (AvgIpc) is 2.25. The molecule has 0 saturated heterocycles. The lowest BCUT2D eigenvalue weighted by Crippen LogP contribution is -2.45. The van der Waals surface area contributed by atoms with E-state index in [9.17, 15) is 8.78 Å². The normalized spacial score (nSPS) is 29.6. The number of alkyl halides is 2. The van der Waals surface area contributed by atoms with Crippen molar-refractivity contribution in [3.05, 3.63) is 53.9 Å². The Balaban J connectivity index is 2.57.